The van der Waals surface area contributed by atoms with Gasteiger partial charge >= 0.3 is 0 Å². The van der Waals surface area contributed by atoms with E-state index in [-0.39, 0.29) is 34.3 Å². The first kappa shape index (κ1) is 29.3. The van der Waals surface area contributed by atoms with Crippen LogP contribution in [0.1, 0.15) is 24.2 Å². The highest BCUT2D eigenvalue weighted by Crippen LogP contribution is 2.44. The van der Waals surface area contributed by atoms with Crippen LogP contribution < -0.4 is 4.74 Å². The number of fused-ring (bicyclic) bond motifs is 1. The Hall–Kier alpha value is -3.18. The Bertz CT molecular complexity index is 1250. The second-order valence-electron chi connectivity index (χ2n) is 10.2. The molecule has 3 aliphatic heterocycles. The molecular weight excluding hydrogens is 548 g/mol. The van der Waals surface area contributed by atoms with E-state index >= 15 is 0 Å². The van der Waals surface area contributed by atoms with Crippen molar-refractivity contribution >= 4 is 6.08 Å². The molecule has 0 spiro atoms. The van der Waals surface area contributed by atoms with E-state index in [1.807, 2.05) is 0 Å². The summed E-state index contributed by atoms with van der Waals surface area (Å²) in [5, 5.41) is 91.9. The fourth-order valence-corrected chi connectivity index (χ4v) is 4.85. The lowest BCUT2D eigenvalue weighted by Gasteiger charge is -2.43. The standard InChI is InChI=1S/C27H32O14/c1-10-19(31)21(33)23(35)26(38-10)37-9-18-20(32)22(34)24(36)27(41-18)40-17-8-14-15(30)6-13(29)7-16(14)39-25(17)11-2-4-12(28)5-3-11/h2-8,10,18-36H,9H2,1H3/t10-,18+,19-,20+,21+,22-,23+,24+,25?,26+,27+/m0/s1. The van der Waals surface area contributed by atoms with Crippen LogP contribution in [0.25, 0.3) is 6.08 Å². The zero-order chi connectivity index (χ0) is 29.6. The zero-order valence-corrected chi connectivity index (χ0v) is 21.7. The molecule has 9 N–H and O–H groups in total. The van der Waals surface area contributed by atoms with Gasteiger partial charge in [0, 0.05) is 17.7 Å². The molecule has 224 valence electrons. The quantitative estimate of drug-likeness (QED) is 0.199. The Morgan fingerprint density at radius 3 is 2.10 bits per heavy atom. The Kier molecular flexibility index (Phi) is 8.29. The normalized spacial score (nSPS) is 37.0. The highest BCUT2D eigenvalue weighted by atomic mass is 16.7. The maximum Gasteiger partial charge on any atom is 0.228 e. The molecule has 3 aliphatic rings. The van der Waals surface area contributed by atoms with Crippen LogP contribution >= 0.6 is 0 Å². The third-order valence-corrected chi connectivity index (χ3v) is 7.24. The fraction of sp³-hybridized carbons (Fsp3) is 0.481. The van der Waals surface area contributed by atoms with Crippen LogP contribution in [0.4, 0.5) is 0 Å². The third kappa shape index (κ3) is 5.79. The van der Waals surface area contributed by atoms with Gasteiger partial charge in [-0.1, -0.05) is 12.1 Å². The molecule has 0 amide bonds. The van der Waals surface area contributed by atoms with Crippen molar-refractivity contribution in [2.24, 2.45) is 0 Å². The van der Waals surface area contributed by atoms with Gasteiger partial charge in [0.25, 0.3) is 0 Å². The van der Waals surface area contributed by atoms with Crippen molar-refractivity contribution in [2.75, 3.05) is 6.61 Å². The van der Waals surface area contributed by atoms with E-state index in [0.29, 0.717) is 5.56 Å². The molecule has 1 unspecified atom stereocenters. The molecule has 2 aromatic rings. The minimum absolute atomic E-state index is 0.00783. The predicted octanol–water partition coefficient (Wildman–Crippen LogP) is -1.05. The first-order chi connectivity index (χ1) is 19.4. The van der Waals surface area contributed by atoms with Gasteiger partial charge in [0.2, 0.25) is 6.29 Å². The molecule has 5 rings (SSSR count). The number of aliphatic hydroxyl groups is 6. The van der Waals surface area contributed by atoms with E-state index in [0.717, 1.165) is 6.07 Å². The van der Waals surface area contributed by atoms with Gasteiger partial charge in [-0.25, -0.2) is 0 Å². The lowest BCUT2D eigenvalue weighted by Crippen LogP contribution is -2.61. The Labute approximate surface area is 233 Å². The molecule has 0 aliphatic carbocycles. The van der Waals surface area contributed by atoms with Crippen molar-refractivity contribution in [2.45, 2.75) is 74.4 Å². The number of phenols is 3. The number of aliphatic hydroxyl groups excluding tert-OH is 6. The molecule has 14 nitrogen and oxygen atoms in total. The number of hydrogen-bond donors (Lipinski definition) is 9. The van der Waals surface area contributed by atoms with Gasteiger partial charge in [0.05, 0.1) is 18.3 Å². The number of ether oxygens (including phenoxy) is 5. The molecule has 2 fully saturated rings. The summed E-state index contributed by atoms with van der Waals surface area (Å²) in [5.74, 6) is -0.468. The van der Waals surface area contributed by atoms with Crippen molar-refractivity contribution in [3.8, 4) is 23.0 Å². The van der Waals surface area contributed by atoms with Crippen molar-refractivity contribution in [1.82, 2.24) is 0 Å². The van der Waals surface area contributed by atoms with Gasteiger partial charge in [-0.15, -0.1) is 0 Å². The summed E-state index contributed by atoms with van der Waals surface area (Å²) in [4.78, 5) is 0. The van der Waals surface area contributed by atoms with Crippen molar-refractivity contribution < 1.29 is 69.6 Å². The monoisotopic (exact) mass is 580 g/mol. The molecule has 2 saturated heterocycles. The summed E-state index contributed by atoms with van der Waals surface area (Å²) >= 11 is 0. The van der Waals surface area contributed by atoms with Crippen LogP contribution in [0.2, 0.25) is 0 Å². The SMILES string of the molecule is C[C@@H]1O[C@@H](OC[C@H]2O[C@@H](OC3=Cc4c(O)cc(O)cc4OC3c3ccc(O)cc3)[C@H](O)[C@@H](O)[C@@H]2O)[C@H](O)[C@H](O)[C@H]1O. The molecule has 2 aromatic carbocycles. The average molecular weight is 581 g/mol. The average Bonchev–Trinajstić information content (AvgIpc) is 2.94. The van der Waals surface area contributed by atoms with Crippen molar-refractivity contribution in [3.63, 3.8) is 0 Å². The van der Waals surface area contributed by atoms with Crippen molar-refractivity contribution in [1.29, 1.82) is 0 Å². The topological polar surface area (TPSA) is 228 Å². The van der Waals surface area contributed by atoms with Gasteiger partial charge in [-0.3, -0.25) is 0 Å². The smallest absolute Gasteiger partial charge is 0.228 e. The molecule has 14 heteroatoms. The Balaban J connectivity index is 1.37. The molecule has 11 atom stereocenters. The number of phenolic OH excluding ortho intramolecular Hbond substituents is 3. The maximum absolute atomic E-state index is 10.7. The second-order valence-corrected chi connectivity index (χ2v) is 10.2. The lowest BCUT2D eigenvalue weighted by atomic mass is 9.98. The minimum atomic E-state index is -1.76. The van der Waals surface area contributed by atoms with Crippen LogP contribution in [0.15, 0.2) is 42.2 Å². The van der Waals surface area contributed by atoms with Gasteiger partial charge in [0.15, 0.2) is 12.4 Å². The fourth-order valence-electron chi connectivity index (χ4n) is 4.85. The van der Waals surface area contributed by atoms with Crippen LogP contribution in [-0.4, -0.2) is 114 Å². The molecule has 0 radical (unpaired) electrons. The summed E-state index contributed by atoms with van der Waals surface area (Å²) in [6.07, 6.45) is -14.5. The summed E-state index contributed by atoms with van der Waals surface area (Å²) in [7, 11) is 0. The van der Waals surface area contributed by atoms with Crippen LogP contribution in [0.5, 0.6) is 23.0 Å². The molecule has 3 heterocycles. The molecule has 0 aromatic heterocycles. The summed E-state index contributed by atoms with van der Waals surface area (Å²) in [6.45, 7) is 0.982. The lowest BCUT2D eigenvalue weighted by molar-refractivity contribution is -0.324. The molecule has 0 saturated carbocycles. The third-order valence-electron chi connectivity index (χ3n) is 7.24. The highest BCUT2D eigenvalue weighted by molar-refractivity contribution is 5.69. The molecule has 0 bridgehead atoms. The summed E-state index contributed by atoms with van der Waals surface area (Å²) in [6, 6.07) is 8.27. The largest absolute Gasteiger partial charge is 0.508 e. The Morgan fingerprint density at radius 2 is 1.39 bits per heavy atom. The minimum Gasteiger partial charge on any atom is -0.508 e. The second kappa shape index (κ2) is 11.6. The number of aromatic hydroxyl groups is 3. The van der Waals surface area contributed by atoms with E-state index < -0.39 is 74.1 Å². The first-order valence-electron chi connectivity index (χ1n) is 12.8. The van der Waals surface area contributed by atoms with E-state index in [2.05, 4.69) is 0 Å². The molecular formula is C27H32O14. The van der Waals surface area contributed by atoms with Crippen LogP contribution in [0.3, 0.4) is 0 Å². The maximum atomic E-state index is 10.7. The number of rotatable bonds is 6. The Morgan fingerprint density at radius 1 is 0.732 bits per heavy atom. The molecule has 41 heavy (non-hydrogen) atoms. The van der Waals surface area contributed by atoms with E-state index in [1.54, 1.807) is 12.1 Å². The van der Waals surface area contributed by atoms with E-state index in [1.165, 1.54) is 31.2 Å². The van der Waals surface area contributed by atoms with Crippen LogP contribution in [-0.2, 0) is 18.9 Å². The summed E-state index contributed by atoms with van der Waals surface area (Å²) < 4.78 is 28.5. The zero-order valence-electron chi connectivity index (χ0n) is 21.7. The van der Waals surface area contributed by atoms with Crippen molar-refractivity contribution in [3.05, 3.63) is 53.3 Å². The summed E-state index contributed by atoms with van der Waals surface area (Å²) in [5.41, 5.74) is 0.628. The highest BCUT2D eigenvalue weighted by Gasteiger charge is 2.48. The number of benzene rings is 2. The number of hydrogen-bond acceptors (Lipinski definition) is 14. The van der Waals surface area contributed by atoms with Gasteiger partial charge in [-0.05, 0) is 25.1 Å². The predicted molar refractivity (Wildman–Crippen MR) is 135 cm³/mol. The van der Waals surface area contributed by atoms with Gasteiger partial charge in [-0.2, -0.15) is 0 Å². The van der Waals surface area contributed by atoms with Crippen LogP contribution in [0, 0.1) is 0 Å². The van der Waals surface area contributed by atoms with E-state index in [9.17, 15) is 46.0 Å². The van der Waals surface area contributed by atoms with Gasteiger partial charge in [0.1, 0.15) is 71.5 Å². The first-order valence-corrected chi connectivity index (χ1v) is 12.8. The van der Waals surface area contributed by atoms with Gasteiger partial charge < -0.3 is 69.6 Å². The van der Waals surface area contributed by atoms with E-state index in [4.69, 9.17) is 23.7 Å².